The van der Waals surface area contributed by atoms with Crippen LogP contribution < -0.4 is 10.1 Å². The molecule has 1 aromatic rings. The minimum atomic E-state index is -0.127. The third-order valence-electron chi connectivity index (χ3n) is 4.69. The summed E-state index contributed by atoms with van der Waals surface area (Å²) in [4.78, 5) is 14.4. The van der Waals surface area contributed by atoms with Crippen LogP contribution in [0.15, 0.2) is 24.3 Å². The molecule has 1 N–H and O–H groups in total. The van der Waals surface area contributed by atoms with Crippen molar-refractivity contribution in [3.63, 3.8) is 0 Å². The number of carbonyl (C=O) groups excluding carboxylic acids is 1. The van der Waals surface area contributed by atoms with Gasteiger partial charge in [0, 0.05) is 12.6 Å². The lowest BCUT2D eigenvalue weighted by atomic mass is 9.95. The van der Waals surface area contributed by atoms with Gasteiger partial charge >= 0.3 is 0 Å². The number of benzene rings is 1. The zero-order valence-electron chi connectivity index (χ0n) is 14.7. The van der Waals surface area contributed by atoms with Crippen LogP contribution in [0.4, 0.5) is 0 Å². The molecule has 1 saturated carbocycles. The highest BCUT2D eigenvalue weighted by atomic mass is 16.5. The molecule has 1 amide bonds. The molecule has 1 unspecified atom stereocenters. The number of nitrogens with one attached hydrogen (secondary N) is 1. The monoisotopic (exact) mass is 318 g/mol. The summed E-state index contributed by atoms with van der Waals surface area (Å²) in [6.45, 7) is 5.33. The fourth-order valence-corrected chi connectivity index (χ4v) is 2.98. The molecule has 0 aromatic heterocycles. The van der Waals surface area contributed by atoms with E-state index in [1.807, 2.05) is 37.1 Å². The van der Waals surface area contributed by atoms with Gasteiger partial charge in [0.2, 0.25) is 5.91 Å². The fraction of sp³-hybridized carbons (Fsp3) is 0.632. The van der Waals surface area contributed by atoms with E-state index in [2.05, 4.69) is 18.3 Å². The quantitative estimate of drug-likeness (QED) is 0.840. The lowest BCUT2D eigenvalue weighted by molar-refractivity contribution is -0.126. The molecule has 1 aliphatic carbocycles. The molecule has 1 aliphatic rings. The highest BCUT2D eigenvalue weighted by molar-refractivity contribution is 5.81. The van der Waals surface area contributed by atoms with Gasteiger partial charge in [-0.05, 0) is 51.4 Å². The SMILES string of the molecule is Cc1cccc(OCCN(C)C(C)C(=O)NC2CCCCC2)c1. The van der Waals surface area contributed by atoms with Crippen LogP contribution >= 0.6 is 0 Å². The summed E-state index contributed by atoms with van der Waals surface area (Å²) in [5.41, 5.74) is 1.19. The fourth-order valence-electron chi connectivity index (χ4n) is 2.98. The highest BCUT2D eigenvalue weighted by Gasteiger charge is 2.22. The first-order chi connectivity index (χ1) is 11.1. The average Bonchev–Trinajstić information content (AvgIpc) is 2.55. The van der Waals surface area contributed by atoms with Crippen molar-refractivity contribution in [2.24, 2.45) is 0 Å². The van der Waals surface area contributed by atoms with Gasteiger partial charge in [0.1, 0.15) is 12.4 Å². The van der Waals surface area contributed by atoms with Gasteiger partial charge in [-0.15, -0.1) is 0 Å². The van der Waals surface area contributed by atoms with Crippen LogP contribution in [0.2, 0.25) is 0 Å². The Morgan fingerprint density at radius 3 is 2.78 bits per heavy atom. The third-order valence-corrected chi connectivity index (χ3v) is 4.69. The predicted molar refractivity (Wildman–Crippen MR) is 93.8 cm³/mol. The van der Waals surface area contributed by atoms with Crippen molar-refractivity contribution in [3.05, 3.63) is 29.8 Å². The molecular weight excluding hydrogens is 288 g/mol. The standard InChI is InChI=1S/C19H30N2O2/c1-15-8-7-11-18(14-15)23-13-12-21(3)16(2)19(22)20-17-9-5-4-6-10-17/h7-8,11,14,16-17H,4-6,9-10,12-13H2,1-3H3,(H,20,22). The predicted octanol–water partition coefficient (Wildman–Crippen LogP) is 3.14. The number of ether oxygens (including phenoxy) is 1. The number of hydrogen-bond donors (Lipinski definition) is 1. The van der Waals surface area contributed by atoms with E-state index < -0.39 is 0 Å². The Bertz CT molecular complexity index is 498. The van der Waals surface area contributed by atoms with Gasteiger partial charge in [0.15, 0.2) is 0 Å². The van der Waals surface area contributed by atoms with E-state index in [4.69, 9.17) is 4.74 Å². The summed E-state index contributed by atoms with van der Waals surface area (Å²) >= 11 is 0. The maximum atomic E-state index is 12.3. The maximum Gasteiger partial charge on any atom is 0.237 e. The van der Waals surface area contributed by atoms with Crippen molar-refractivity contribution in [1.29, 1.82) is 0 Å². The molecular formula is C19H30N2O2. The minimum Gasteiger partial charge on any atom is -0.492 e. The average molecular weight is 318 g/mol. The Balaban J connectivity index is 1.71. The van der Waals surface area contributed by atoms with Crippen LogP contribution in [-0.2, 0) is 4.79 Å². The summed E-state index contributed by atoms with van der Waals surface area (Å²) in [6, 6.07) is 8.28. The second-order valence-corrected chi connectivity index (χ2v) is 6.67. The van der Waals surface area contributed by atoms with Gasteiger partial charge in [0.25, 0.3) is 0 Å². The topological polar surface area (TPSA) is 41.6 Å². The van der Waals surface area contributed by atoms with Crippen LogP contribution in [-0.4, -0.2) is 43.1 Å². The lowest BCUT2D eigenvalue weighted by Crippen LogP contribution is -2.48. The largest absolute Gasteiger partial charge is 0.492 e. The first kappa shape index (κ1) is 17.8. The first-order valence-corrected chi connectivity index (χ1v) is 8.76. The van der Waals surface area contributed by atoms with E-state index in [1.54, 1.807) is 0 Å². The van der Waals surface area contributed by atoms with E-state index in [9.17, 15) is 4.79 Å². The Kier molecular flexibility index (Phi) is 6.90. The third kappa shape index (κ3) is 5.87. The number of hydrogen-bond acceptors (Lipinski definition) is 3. The normalized spacial score (nSPS) is 17.0. The highest BCUT2D eigenvalue weighted by Crippen LogP contribution is 2.17. The van der Waals surface area contributed by atoms with Crippen LogP contribution in [0, 0.1) is 6.92 Å². The zero-order valence-corrected chi connectivity index (χ0v) is 14.7. The number of rotatable bonds is 7. The summed E-state index contributed by atoms with van der Waals surface area (Å²) in [6.07, 6.45) is 6.02. The van der Waals surface area contributed by atoms with Gasteiger partial charge in [-0.1, -0.05) is 31.4 Å². The van der Waals surface area contributed by atoms with E-state index >= 15 is 0 Å². The van der Waals surface area contributed by atoms with Crippen molar-refractivity contribution >= 4 is 5.91 Å². The van der Waals surface area contributed by atoms with Crippen LogP contribution in [0.1, 0.15) is 44.6 Å². The number of amides is 1. The van der Waals surface area contributed by atoms with Gasteiger partial charge in [-0.2, -0.15) is 0 Å². The molecule has 0 bridgehead atoms. The van der Waals surface area contributed by atoms with E-state index in [0.717, 1.165) is 25.1 Å². The number of aryl methyl sites for hydroxylation is 1. The number of carbonyl (C=O) groups is 1. The second kappa shape index (κ2) is 8.92. The van der Waals surface area contributed by atoms with Crippen molar-refractivity contribution in [2.45, 2.75) is 58.0 Å². The van der Waals surface area contributed by atoms with Crippen LogP contribution in [0.25, 0.3) is 0 Å². The Morgan fingerprint density at radius 2 is 2.09 bits per heavy atom. The summed E-state index contributed by atoms with van der Waals surface area (Å²) in [5.74, 6) is 1.02. The molecule has 128 valence electrons. The zero-order chi connectivity index (χ0) is 16.7. The molecule has 2 rings (SSSR count). The molecule has 0 heterocycles. The summed E-state index contributed by atoms with van der Waals surface area (Å²) < 4.78 is 5.76. The minimum absolute atomic E-state index is 0.127. The van der Waals surface area contributed by atoms with Crippen molar-refractivity contribution in [1.82, 2.24) is 10.2 Å². The Hall–Kier alpha value is -1.55. The second-order valence-electron chi connectivity index (χ2n) is 6.67. The van der Waals surface area contributed by atoms with Gasteiger partial charge in [0.05, 0.1) is 6.04 Å². The van der Waals surface area contributed by atoms with Crippen molar-refractivity contribution in [2.75, 3.05) is 20.2 Å². The molecule has 0 radical (unpaired) electrons. The molecule has 4 heteroatoms. The molecule has 0 aliphatic heterocycles. The molecule has 23 heavy (non-hydrogen) atoms. The van der Waals surface area contributed by atoms with E-state index in [1.165, 1.54) is 24.8 Å². The molecule has 1 fully saturated rings. The Labute approximate surface area is 140 Å². The first-order valence-electron chi connectivity index (χ1n) is 8.76. The lowest BCUT2D eigenvalue weighted by Gasteiger charge is -2.28. The van der Waals surface area contributed by atoms with Crippen molar-refractivity contribution < 1.29 is 9.53 Å². The molecule has 0 spiro atoms. The molecule has 1 atom stereocenters. The van der Waals surface area contributed by atoms with Crippen LogP contribution in [0.5, 0.6) is 5.75 Å². The Morgan fingerprint density at radius 1 is 1.35 bits per heavy atom. The van der Waals surface area contributed by atoms with Crippen LogP contribution in [0.3, 0.4) is 0 Å². The molecule has 0 saturated heterocycles. The van der Waals surface area contributed by atoms with Crippen molar-refractivity contribution in [3.8, 4) is 5.75 Å². The van der Waals surface area contributed by atoms with Gasteiger partial charge < -0.3 is 10.1 Å². The smallest absolute Gasteiger partial charge is 0.237 e. The number of nitrogens with zero attached hydrogens (tertiary/aromatic N) is 1. The van der Waals surface area contributed by atoms with E-state index in [0.29, 0.717) is 12.6 Å². The van der Waals surface area contributed by atoms with Gasteiger partial charge in [-0.25, -0.2) is 0 Å². The molecule has 4 nitrogen and oxygen atoms in total. The van der Waals surface area contributed by atoms with E-state index in [-0.39, 0.29) is 11.9 Å². The molecule has 1 aromatic carbocycles. The maximum absolute atomic E-state index is 12.3. The van der Waals surface area contributed by atoms with Gasteiger partial charge in [-0.3, -0.25) is 9.69 Å². The summed E-state index contributed by atoms with van der Waals surface area (Å²) in [7, 11) is 1.98. The number of likely N-dealkylation sites (N-methyl/N-ethyl adjacent to an activating group) is 1. The summed E-state index contributed by atoms with van der Waals surface area (Å²) in [5, 5.41) is 3.19.